The van der Waals surface area contributed by atoms with Crippen LogP contribution in [0.25, 0.3) is 53.7 Å². The molecule has 6 saturated heterocycles. The highest BCUT2D eigenvalue weighted by Gasteiger charge is 2.30. The van der Waals surface area contributed by atoms with E-state index < -0.39 is 19.9 Å². The third kappa shape index (κ3) is 23.9. The minimum absolute atomic E-state index is 0.0473. The average Bonchev–Trinajstić information content (AvgIpc) is 1.62. The number of aliphatic hydroxyl groups excluding tert-OH is 1. The van der Waals surface area contributed by atoms with E-state index in [1.54, 1.807) is 30.3 Å². The van der Waals surface area contributed by atoms with Crippen molar-refractivity contribution in [3.05, 3.63) is 276 Å². The van der Waals surface area contributed by atoms with Gasteiger partial charge in [-0.3, -0.25) is 4.68 Å². The topological polar surface area (TPSA) is 265 Å². The van der Waals surface area contributed by atoms with Gasteiger partial charge in [-0.1, -0.05) is 78.9 Å². The average molecular weight is 1770 g/mol. The number of hydrogen-bond acceptors (Lipinski definition) is 18. The Labute approximate surface area is 750 Å². The summed E-state index contributed by atoms with van der Waals surface area (Å²) in [5.74, 6) is 0.599. The zero-order valence-corrected chi connectivity index (χ0v) is 75.5. The lowest BCUT2D eigenvalue weighted by atomic mass is 9.96. The summed E-state index contributed by atoms with van der Waals surface area (Å²) in [5.41, 5.74) is 15.8. The van der Waals surface area contributed by atoms with Crippen molar-refractivity contribution >= 4 is 113 Å². The number of fused-ring (bicyclic) bond motifs is 5. The number of aromatic amines is 3. The summed E-state index contributed by atoms with van der Waals surface area (Å²) < 4.78 is 69.6. The molecule has 0 aliphatic carbocycles. The van der Waals surface area contributed by atoms with Crippen molar-refractivity contribution < 1.29 is 31.1 Å². The van der Waals surface area contributed by atoms with Gasteiger partial charge in [-0.25, -0.2) is 26.4 Å². The number of anilines is 5. The fraction of sp³-hybridized carbons (Fsp3) is 0.376. The van der Waals surface area contributed by atoms with Gasteiger partial charge in [0, 0.05) is 173 Å². The summed E-state index contributed by atoms with van der Waals surface area (Å²) in [6, 6.07) is 76.3. The monoisotopic (exact) mass is 1770 g/mol. The SMILES string of the molecule is CS(=O)(=O)c1cccc(CN(c2ccc3[nH]ccc3c2)C2CCNCC2)c1.Cn1ncc2cc(N(Cc3cccc(F)c3)C3CCNCC3)ccc21.NS(=O)(=O)c1cc2cc(N(Cc3ccccc3)C3CCNCC3)ccc2[nH]1.OCc1cccc(CN(c2ccc3[nH]ccc3c2)C2CCNCC2)c1.c1cc2cc(N(CC3CCOCC3)C3CCNCC3)ccc2s1. The first kappa shape index (κ1) is 89.9. The molecule has 0 unspecified atom stereocenters. The van der Waals surface area contributed by atoms with Gasteiger partial charge in [0.25, 0.3) is 10.0 Å². The normalized spacial score (nSPS) is 16.7. The van der Waals surface area contributed by atoms with Crippen LogP contribution in [0, 0.1) is 11.7 Å². The number of piperidine rings is 5. The van der Waals surface area contributed by atoms with Gasteiger partial charge in [-0.2, -0.15) is 5.10 Å². The molecule has 0 atom stereocenters. The van der Waals surface area contributed by atoms with E-state index in [0.29, 0.717) is 48.2 Å². The third-order valence-electron chi connectivity index (χ3n) is 26.0. The first-order chi connectivity index (χ1) is 61.9. The highest BCUT2D eigenvalue weighted by Crippen LogP contribution is 2.36. The maximum atomic E-state index is 13.6. The molecule has 0 spiro atoms. The van der Waals surface area contributed by atoms with Crippen molar-refractivity contribution in [2.45, 2.75) is 150 Å². The van der Waals surface area contributed by atoms with Gasteiger partial charge >= 0.3 is 0 Å². The maximum absolute atomic E-state index is 13.6. The molecule has 6 aliphatic heterocycles. The number of H-pyrrole nitrogens is 3. The zero-order chi connectivity index (χ0) is 87.5. The molecule has 11 N–H and O–H groups in total. The summed E-state index contributed by atoms with van der Waals surface area (Å²) in [5, 5.41) is 44.3. The second-order valence-electron chi connectivity index (χ2n) is 34.7. The number of ether oxygens (including phenoxy) is 1. The molecule has 26 heteroatoms. The number of sulfonamides is 1. The summed E-state index contributed by atoms with van der Waals surface area (Å²) >= 11 is 1.83. The first-order valence-corrected chi connectivity index (χ1v) is 49.7. The highest BCUT2D eigenvalue weighted by molar-refractivity contribution is 7.90. The molecular weight excluding hydrogens is 1650 g/mol. The summed E-state index contributed by atoms with van der Waals surface area (Å²) in [6.07, 6.45) is 20.9. The Morgan fingerprint density at radius 3 is 1.39 bits per heavy atom. The van der Waals surface area contributed by atoms with Gasteiger partial charge in [0.1, 0.15) is 10.8 Å². The lowest BCUT2D eigenvalue weighted by molar-refractivity contribution is 0.0674. The molecule has 6 fully saturated rings. The Hall–Kier alpha value is -10.5. The van der Waals surface area contributed by atoms with Crippen LogP contribution >= 0.6 is 11.3 Å². The van der Waals surface area contributed by atoms with Crippen molar-refractivity contribution in [2.24, 2.45) is 18.1 Å². The number of hydrogen-bond donors (Lipinski definition) is 10. The number of nitrogens with zero attached hydrogens (tertiary/aromatic N) is 7. The van der Waals surface area contributed by atoms with Crippen molar-refractivity contribution in [1.29, 1.82) is 0 Å². The fourth-order valence-electron chi connectivity index (χ4n) is 19.0. The van der Waals surface area contributed by atoms with Crippen molar-refractivity contribution in [2.75, 3.05) is 116 Å². The number of primary sulfonamides is 1. The molecule has 5 aromatic heterocycles. The zero-order valence-electron chi connectivity index (χ0n) is 73.1. The number of rotatable bonds is 23. The van der Waals surface area contributed by atoms with Gasteiger partial charge in [0.05, 0.1) is 23.2 Å². The molecule has 14 aromatic rings. The smallest absolute Gasteiger partial charge is 0.253 e. The molecule has 22 nitrogen and oxygen atoms in total. The summed E-state index contributed by atoms with van der Waals surface area (Å²) in [7, 11) is -4.99. The first-order valence-electron chi connectivity index (χ1n) is 45.3. The van der Waals surface area contributed by atoms with Crippen LogP contribution in [-0.4, -0.2) is 168 Å². The van der Waals surface area contributed by atoms with Crippen LogP contribution in [0.2, 0.25) is 0 Å². The number of aryl methyl sites for hydroxylation is 1. The number of halogens is 1. The minimum atomic E-state index is -3.74. The lowest BCUT2D eigenvalue weighted by Crippen LogP contribution is -2.45. The molecule has 127 heavy (non-hydrogen) atoms. The van der Waals surface area contributed by atoms with E-state index >= 15 is 0 Å². The lowest BCUT2D eigenvalue weighted by Gasteiger charge is -2.39. The Morgan fingerprint density at radius 2 is 0.874 bits per heavy atom. The predicted molar refractivity (Wildman–Crippen MR) is 519 cm³/mol. The molecule has 11 heterocycles. The second-order valence-corrected chi connectivity index (χ2v) is 39.2. The van der Waals surface area contributed by atoms with Crippen molar-refractivity contribution in [3.63, 3.8) is 0 Å². The Morgan fingerprint density at radius 1 is 0.441 bits per heavy atom. The van der Waals surface area contributed by atoms with Crippen LogP contribution in [0.15, 0.2) is 252 Å². The number of thiophene rings is 1. The molecule has 6 aliphatic rings. The molecule has 20 rings (SSSR count). The van der Waals surface area contributed by atoms with Crippen LogP contribution in [-0.2, 0) is 64.4 Å². The van der Waals surface area contributed by atoms with E-state index in [-0.39, 0.29) is 17.5 Å². The quantitative estimate of drug-likeness (QED) is 0.0285. The van der Waals surface area contributed by atoms with Gasteiger partial charge in [-0.05, 0) is 327 Å². The van der Waals surface area contributed by atoms with Gasteiger partial charge in [0.2, 0.25) is 0 Å². The maximum Gasteiger partial charge on any atom is 0.253 e. The largest absolute Gasteiger partial charge is 0.392 e. The van der Waals surface area contributed by atoms with Gasteiger partial charge in [0.15, 0.2) is 9.84 Å². The van der Waals surface area contributed by atoms with Crippen molar-refractivity contribution in [3.8, 4) is 0 Å². The van der Waals surface area contributed by atoms with Crippen molar-refractivity contribution in [1.82, 2.24) is 51.3 Å². The van der Waals surface area contributed by atoms with E-state index in [1.807, 2.05) is 90.2 Å². The Balaban J connectivity index is 0.000000117. The number of benzene rings is 9. The number of aromatic nitrogens is 5. The van der Waals surface area contributed by atoms with E-state index in [9.17, 15) is 26.3 Å². The van der Waals surface area contributed by atoms with Gasteiger partial charge < -0.3 is 75.9 Å². The molecule has 9 aromatic carbocycles. The third-order valence-corrected chi connectivity index (χ3v) is 28.8. The van der Waals surface area contributed by atoms with Crippen LogP contribution < -0.4 is 56.2 Å². The molecular formula is C101H123FN16O6S3. The van der Waals surface area contributed by atoms with Crippen LogP contribution in [0.3, 0.4) is 0 Å². The predicted octanol–water partition coefficient (Wildman–Crippen LogP) is 16.7. The number of sulfone groups is 1. The highest BCUT2D eigenvalue weighted by atomic mass is 32.2. The van der Waals surface area contributed by atoms with E-state index in [0.717, 1.165) is 199 Å². The Kier molecular flexibility index (Phi) is 30.5. The summed E-state index contributed by atoms with van der Waals surface area (Å²) in [6.45, 7) is 16.8. The number of aliphatic hydroxyl groups is 1. The standard InChI is InChI=1S/C21H25N3O2S.C21H25N3O.C20H23FN4.C20H24N4O2S.C19H26N2OS/c1-27(25,26)20-4-2-3-16(13-20)15-24(18-8-10-22-11-9-18)19-5-6-21-17(14-19)7-12-23-21;25-15-17-3-1-2-16(12-17)14-24(19-7-9-22-10-8-19)20-4-5-21-18(13-20)6-11-23-21;1-24-20-6-5-19(12-16(20)13-23-24)25(18-7-9-22-10-8-18)14-15-3-2-4-17(21)11-15;21-27(25,26)20-13-16-12-18(6-7-19(16)23-20)24(17-8-10-22-11-9-17)14-15-4-2-1-3-5-15;1-2-19-16(7-12-23-19)13-18(1)21(17-3-8-20-9-4-17)14-15-5-10-22-11-6-15/h2-7,12-14,18,22-23H,8-11,15H2,1H3;1-6,11-13,19,22-23,25H,7-10,14-15H2;2-6,11-13,18,22H,7-10,14H2,1H3;1-7,12-13,17,22-23H,8-11,14H2,(H2,21,25,26);1-2,7,12-13,15,17,20H,3-6,8-11,14H2. The minimum Gasteiger partial charge on any atom is -0.392 e. The molecule has 0 radical (unpaired) electrons. The van der Waals surface area contributed by atoms with Crippen LogP contribution in [0.4, 0.5) is 32.8 Å². The fourth-order valence-corrected chi connectivity index (χ4v) is 21.0. The Bertz CT molecular complexity index is 6100. The summed E-state index contributed by atoms with van der Waals surface area (Å²) in [4.78, 5) is 22.3. The number of nitrogens with two attached hydrogens (primary N) is 1. The van der Waals surface area contributed by atoms with Gasteiger partial charge in [-0.15, -0.1) is 11.3 Å². The van der Waals surface area contributed by atoms with E-state index in [1.165, 1.54) is 105 Å². The number of nitrogens with one attached hydrogen (secondary N) is 8. The molecule has 0 amide bonds. The molecule has 0 bridgehead atoms. The molecule has 668 valence electrons. The van der Waals surface area contributed by atoms with Crippen LogP contribution in [0.5, 0.6) is 0 Å². The van der Waals surface area contributed by atoms with Crippen LogP contribution in [0.1, 0.15) is 105 Å². The second kappa shape index (κ2) is 43.1. The van der Waals surface area contributed by atoms with E-state index in [4.69, 9.17) is 9.88 Å². The molecule has 0 saturated carbocycles. The van der Waals surface area contributed by atoms with E-state index in [2.05, 4.69) is 210 Å².